The van der Waals surface area contributed by atoms with Gasteiger partial charge in [-0.3, -0.25) is 4.79 Å². The second-order valence-corrected chi connectivity index (χ2v) is 6.95. The van der Waals surface area contributed by atoms with Gasteiger partial charge in [0.1, 0.15) is 0 Å². The summed E-state index contributed by atoms with van der Waals surface area (Å²) < 4.78 is 0. The van der Waals surface area contributed by atoms with Crippen LogP contribution in [-0.2, 0) is 11.2 Å². The van der Waals surface area contributed by atoms with E-state index in [9.17, 15) is 9.90 Å². The molecule has 1 aliphatic carbocycles. The predicted molar refractivity (Wildman–Crippen MR) is 82.7 cm³/mol. The molecule has 1 amide bonds. The number of hydrogen-bond donors (Lipinski definition) is 1. The van der Waals surface area contributed by atoms with Gasteiger partial charge in [0.05, 0.1) is 12.5 Å². The normalized spacial score (nSPS) is 21.7. The van der Waals surface area contributed by atoms with Gasteiger partial charge in [0.2, 0.25) is 5.91 Å². The Kier molecular flexibility index (Phi) is 4.03. The van der Waals surface area contributed by atoms with Gasteiger partial charge >= 0.3 is 0 Å². The van der Waals surface area contributed by atoms with E-state index in [1.54, 1.807) is 0 Å². The summed E-state index contributed by atoms with van der Waals surface area (Å²) >= 11 is 0. The van der Waals surface area contributed by atoms with Gasteiger partial charge in [-0.25, -0.2) is 0 Å². The number of aliphatic hydroxyl groups excluding tert-OH is 1. The monoisotopic (exact) mass is 287 g/mol. The van der Waals surface area contributed by atoms with Crippen molar-refractivity contribution < 1.29 is 9.90 Å². The highest BCUT2D eigenvalue weighted by atomic mass is 16.3. The molecule has 21 heavy (non-hydrogen) atoms. The van der Waals surface area contributed by atoms with Crippen molar-refractivity contribution in [2.45, 2.75) is 32.6 Å². The molecule has 0 aromatic heterocycles. The minimum absolute atomic E-state index is 0.0184. The van der Waals surface area contributed by atoms with Gasteiger partial charge < -0.3 is 10.0 Å². The minimum atomic E-state index is -0.192. The van der Waals surface area contributed by atoms with Crippen LogP contribution in [0.4, 0.5) is 0 Å². The Balaban J connectivity index is 1.45. The van der Waals surface area contributed by atoms with Crippen molar-refractivity contribution in [1.82, 2.24) is 4.90 Å². The molecular formula is C18H25NO2. The number of amides is 1. The molecule has 3 rings (SSSR count). The summed E-state index contributed by atoms with van der Waals surface area (Å²) in [5.74, 6) is 0.740. The highest BCUT2D eigenvalue weighted by molar-refractivity contribution is 5.80. The van der Waals surface area contributed by atoms with Crippen LogP contribution >= 0.6 is 0 Å². The molecule has 1 saturated carbocycles. The molecule has 0 radical (unpaired) electrons. The SMILES string of the molecule is CC[C@H](CO)C(=O)N1CC2(CC(Cc3ccccc3)C2)C1. The third kappa shape index (κ3) is 2.84. The molecule has 0 bridgehead atoms. The second-order valence-electron chi connectivity index (χ2n) is 6.95. The lowest BCUT2D eigenvalue weighted by molar-refractivity contribution is -0.160. The van der Waals surface area contributed by atoms with Gasteiger partial charge in [-0.1, -0.05) is 37.3 Å². The Bertz CT molecular complexity index is 481. The molecule has 2 fully saturated rings. The molecule has 0 unspecified atom stereocenters. The Hall–Kier alpha value is -1.35. The lowest BCUT2D eigenvalue weighted by atomic mass is 9.56. The zero-order valence-electron chi connectivity index (χ0n) is 12.8. The first-order chi connectivity index (χ1) is 10.2. The summed E-state index contributed by atoms with van der Waals surface area (Å²) in [7, 11) is 0. The summed E-state index contributed by atoms with van der Waals surface area (Å²) in [6.45, 7) is 3.77. The second kappa shape index (κ2) is 5.80. The van der Waals surface area contributed by atoms with E-state index in [1.807, 2.05) is 11.8 Å². The van der Waals surface area contributed by atoms with Crippen LogP contribution in [0, 0.1) is 17.3 Å². The first-order valence-electron chi connectivity index (χ1n) is 8.09. The number of carbonyl (C=O) groups is 1. The van der Waals surface area contributed by atoms with Crippen LogP contribution in [0.3, 0.4) is 0 Å². The van der Waals surface area contributed by atoms with E-state index in [1.165, 1.54) is 24.8 Å². The minimum Gasteiger partial charge on any atom is -0.396 e. The third-order valence-corrected chi connectivity index (χ3v) is 5.24. The number of rotatable bonds is 5. The summed E-state index contributed by atoms with van der Waals surface area (Å²) in [4.78, 5) is 14.1. The number of carbonyl (C=O) groups excluding carboxylic acids is 1. The smallest absolute Gasteiger partial charge is 0.228 e. The van der Waals surface area contributed by atoms with Crippen LogP contribution in [0.15, 0.2) is 30.3 Å². The van der Waals surface area contributed by atoms with Crippen molar-refractivity contribution in [3.63, 3.8) is 0 Å². The van der Waals surface area contributed by atoms with Gasteiger partial charge in [-0.15, -0.1) is 0 Å². The zero-order valence-corrected chi connectivity index (χ0v) is 12.8. The quantitative estimate of drug-likeness (QED) is 0.904. The maximum atomic E-state index is 12.2. The van der Waals surface area contributed by atoms with Crippen LogP contribution in [-0.4, -0.2) is 35.6 Å². The lowest BCUT2D eigenvalue weighted by Gasteiger charge is -2.59. The van der Waals surface area contributed by atoms with Crippen molar-refractivity contribution in [2.75, 3.05) is 19.7 Å². The van der Waals surface area contributed by atoms with E-state index in [-0.39, 0.29) is 18.4 Å². The van der Waals surface area contributed by atoms with E-state index in [0.29, 0.717) is 5.41 Å². The van der Waals surface area contributed by atoms with Gasteiger partial charge in [0.15, 0.2) is 0 Å². The van der Waals surface area contributed by atoms with Gasteiger partial charge in [-0.2, -0.15) is 0 Å². The number of likely N-dealkylation sites (tertiary alicyclic amines) is 1. The molecule has 2 aliphatic rings. The molecule has 1 aliphatic heterocycles. The molecule has 1 atom stereocenters. The summed E-state index contributed by atoms with van der Waals surface area (Å²) in [5, 5.41) is 9.22. The summed E-state index contributed by atoms with van der Waals surface area (Å²) in [5.41, 5.74) is 1.83. The molecule has 114 valence electrons. The maximum Gasteiger partial charge on any atom is 0.228 e. The van der Waals surface area contributed by atoms with Gasteiger partial charge in [0, 0.05) is 18.5 Å². The molecule has 3 nitrogen and oxygen atoms in total. The number of benzene rings is 1. The van der Waals surface area contributed by atoms with E-state index in [0.717, 1.165) is 25.4 Å². The van der Waals surface area contributed by atoms with Crippen molar-refractivity contribution in [1.29, 1.82) is 0 Å². The fourth-order valence-corrected chi connectivity index (χ4v) is 4.07. The van der Waals surface area contributed by atoms with Crippen molar-refractivity contribution >= 4 is 5.91 Å². The average Bonchev–Trinajstić information content (AvgIpc) is 2.42. The molecule has 1 saturated heterocycles. The highest BCUT2D eigenvalue weighted by Gasteiger charge is 2.53. The van der Waals surface area contributed by atoms with Gasteiger partial charge in [-0.05, 0) is 37.2 Å². The van der Waals surface area contributed by atoms with E-state index < -0.39 is 0 Å². The number of aliphatic hydroxyl groups is 1. The molecule has 1 aromatic carbocycles. The summed E-state index contributed by atoms with van der Waals surface area (Å²) in [6, 6.07) is 10.7. The fraction of sp³-hybridized carbons (Fsp3) is 0.611. The average molecular weight is 287 g/mol. The van der Waals surface area contributed by atoms with Crippen LogP contribution in [0.1, 0.15) is 31.7 Å². The Morgan fingerprint density at radius 3 is 2.57 bits per heavy atom. The predicted octanol–water partition coefficient (Wildman–Crippen LogP) is 2.49. The highest BCUT2D eigenvalue weighted by Crippen LogP contribution is 2.53. The maximum absolute atomic E-state index is 12.2. The summed E-state index contributed by atoms with van der Waals surface area (Å²) in [6.07, 6.45) is 4.41. The Morgan fingerprint density at radius 1 is 1.33 bits per heavy atom. The molecule has 1 N–H and O–H groups in total. The third-order valence-electron chi connectivity index (χ3n) is 5.24. The van der Waals surface area contributed by atoms with Crippen LogP contribution in [0.25, 0.3) is 0 Å². The van der Waals surface area contributed by atoms with E-state index in [2.05, 4.69) is 30.3 Å². The van der Waals surface area contributed by atoms with Gasteiger partial charge in [0.25, 0.3) is 0 Å². The van der Waals surface area contributed by atoms with Crippen molar-refractivity contribution in [3.8, 4) is 0 Å². The fourth-order valence-electron chi connectivity index (χ4n) is 4.07. The largest absolute Gasteiger partial charge is 0.396 e. The zero-order chi connectivity index (χ0) is 14.9. The topological polar surface area (TPSA) is 40.5 Å². The van der Waals surface area contributed by atoms with Crippen molar-refractivity contribution in [2.24, 2.45) is 17.3 Å². The van der Waals surface area contributed by atoms with Crippen LogP contribution in [0.5, 0.6) is 0 Å². The standard InChI is InChI=1S/C18H25NO2/c1-2-16(11-20)17(21)19-12-18(13-19)9-15(10-18)8-14-6-4-3-5-7-14/h3-7,15-16,20H,2,8-13H2,1H3/t16-/m1/s1. The van der Waals surface area contributed by atoms with E-state index >= 15 is 0 Å². The number of hydrogen-bond acceptors (Lipinski definition) is 2. The molecule has 3 heteroatoms. The first kappa shape index (κ1) is 14.6. The molecular weight excluding hydrogens is 262 g/mol. The first-order valence-corrected chi connectivity index (χ1v) is 8.09. The lowest BCUT2D eigenvalue weighted by Crippen LogP contribution is -2.64. The molecule has 1 spiro atoms. The van der Waals surface area contributed by atoms with E-state index in [4.69, 9.17) is 0 Å². The van der Waals surface area contributed by atoms with Crippen LogP contribution < -0.4 is 0 Å². The molecule has 1 aromatic rings. The Labute approximate surface area is 127 Å². The van der Waals surface area contributed by atoms with Crippen molar-refractivity contribution in [3.05, 3.63) is 35.9 Å². The number of nitrogens with zero attached hydrogens (tertiary/aromatic N) is 1. The van der Waals surface area contributed by atoms with Crippen LogP contribution in [0.2, 0.25) is 0 Å². The molecule has 1 heterocycles. The Morgan fingerprint density at radius 2 is 2.00 bits per heavy atom.